The molecule has 1 atom stereocenters. The van der Waals surface area contributed by atoms with Crippen LogP contribution in [0.25, 0.3) is 0 Å². The molecule has 0 N–H and O–H groups in total. The maximum atomic E-state index is 6.91. The SMILES string of the molecule is CC(C)c1cc(P(c2ccccc2)c2ccccc2OB(Oc2ccccc2)Oc2ccccc2)c(C2CCCCC2)c(C(C)C)c1C1CCCCC1. The molecule has 0 bridgehead atoms. The third-order valence-corrected chi connectivity index (χ3v) is 13.7. The van der Waals surface area contributed by atoms with Crippen LogP contribution in [0.3, 0.4) is 0 Å². The standard InChI is InChI=1S/C48H56BO3P/c1-35(2)42-34-45(48(38-24-12-6-13-25-38)46(36(3)4)47(42)37-22-10-5-11-23-37)53(41-30-18-9-19-31-41)44-33-21-20-32-43(44)52-49(50-39-26-14-7-15-27-39)51-40-28-16-8-17-29-40/h7-9,14-21,26-38H,5-6,10-13,22-25H2,1-4H3. The van der Waals surface area contributed by atoms with Gasteiger partial charge in [0, 0.05) is 5.30 Å². The average molecular weight is 723 g/mol. The van der Waals surface area contributed by atoms with Gasteiger partial charge in [-0.2, -0.15) is 0 Å². The summed E-state index contributed by atoms with van der Waals surface area (Å²) in [6, 6.07) is 42.2. The fourth-order valence-corrected chi connectivity index (χ4v) is 11.5. The summed E-state index contributed by atoms with van der Waals surface area (Å²) in [4.78, 5) is 0. The van der Waals surface area contributed by atoms with Crippen LogP contribution in [-0.4, -0.2) is 7.32 Å². The monoisotopic (exact) mass is 722 g/mol. The first-order valence-corrected chi connectivity index (χ1v) is 21.6. The molecule has 53 heavy (non-hydrogen) atoms. The summed E-state index contributed by atoms with van der Waals surface area (Å²) >= 11 is 0. The summed E-state index contributed by atoms with van der Waals surface area (Å²) in [7, 11) is -2.00. The number of hydrogen-bond acceptors (Lipinski definition) is 3. The zero-order valence-corrected chi connectivity index (χ0v) is 33.1. The molecule has 0 spiro atoms. The number of rotatable bonds is 13. The lowest BCUT2D eigenvalue weighted by molar-refractivity contribution is 0.308. The first-order valence-electron chi connectivity index (χ1n) is 20.2. The maximum Gasteiger partial charge on any atom is 0.864 e. The molecule has 0 aromatic heterocycles. The zero-order chi connectivity index (χ0) is 36.6. The van der Waals surface area contributed by atoms with E-state index in [2.05, 4.69) is 88.4 Å². The van der Waals surface area contributed by atoms with E-state index in [4.69, 9.17) is 14.0 Å². The topological polar surface area (TPSA) is 27.7 Å². The van der Waals surface area contributed by atoms with Crippen molar-refractivity contribution in [3.63, 3.8) is 0 Å². The second-order valence-electron chi connectivity index (χ2n) is 15.6. The van der Waals surface area contributed by atoms with Crippen molar-refractivity contribution in [2.24, 2.45) is 0 Å². The van der Waals surface area contributed by atoms with E-state index in [0.29, 0.717) is 35.2 Å². The Morgan fingerprint density at radius 2 is 1.00 bits per heavy atom. The molecule has 274 valence electrons. The van der Waals surface area contributed by atoms with Crippen LogP contribution in [0.2, 0.25) is 0 Å². The highest BCUT2D eigenvalue weighted by atomic mass is 31.1. The highest BCUT2D eigenvalue weighted by Crippen LogP contribution is 2.49. The molecule has 2 aliphatic carbocycles. The van der Waals surface area contributed by atoms with Crippen LogP contribution in [0.1, 0.15) is 138 Å². The van der Waals surface area contributed by atoms with E-state index in [0.717, 1.165) is 5.75 Å². The van der Waals surface area contributed by atoms with Crippen LogP contribution in [0.5, 0.6) is 17.2 Å². The smallest absolute Gasteiger partial charge is 0.490 e. The fraction of sp³-hybridized carbons (Fsp3) is 0.375. The van der Waals surface area contributed by atoms with E-state index in [1.54, 1.807) is 22.3 Å². The zero-order valence-electron chi connectivity index (χ0n) is 32.2. The molecule has 0 saturated heterocycles. The van der Waals surface area contributed by atoms with Gasteiger partial charge >= 0.3 is 7.32 Å². The third kappa shape index (κ3) is 8.87. The molecule has 7 rings (SSSR count). The molecule has 0 radical (unpaired) electrons. The summed E-state index contributed by atoms with van der Waals surface area (Å²) in [5.41, 5.74) is 6.60. The maximum absolute atomic E-state index is 6.91. The summed E-state index contributed by atoms with van der Waals surface area (Å²) in [6.45, 7) is 9.78. The van der Waals surface area contributed by atoms with Gasteiger partial charge in [-0.3, -0.25) is 0 Å². The van der Waals surface area contributed by atoms with Crippen molar-refractivity contribution in [1.82, 2.24) is 0 Å². The predicted molar refractivity (Wildman–Crippen MR) is 225 cm³/mol. The molecule has 2 saturated carbocycles. The Hall–Kier alpha value is -4.01. The van der Waals surface area contributed by atoms with Crippen molar-refractivity contribution in [2.75, 3.05) is 0 Å². The van der Waals surface area contributed by atoms with Crippen LogP contribution < -0.4 is 29.9 Å². The summed E-state index contributed by atoms with van der Waals surface area (Å²) in [6.07, 6.45) is 13.2. The third-order valence-electron chi connectivity index (χ3n) is 11.2. The second-order valence-corrected chi connectivity index (χ2v) is 17.8. The number of para-hydroxylation sites is 3. The molecule has 3 nitrogen and oxygen atoms in total. The van der Waals surface area contributed by atoms with E-state index in [1.807, 2.05) is 60.7 Å². The Labute approximate surface area is 320 Å². The van der Waals surface area contributed by atoms with Crippen LogP contribution in [0, 0.1) is 0 Å². The second kappa shape index (κ2) is 17.9. The van der Waals surface area contributed by atoms with E-state index in [1.165, 1.54) is 80.1 Å². The van der Waals surface area contributed by atoms with E-state index in [-0.39, 0.29) is 0 Å². The molecule has 5 aromatic carbocycles. The molecule has 0 heterocycles. The van der Waals surface area contributed by atoms with Crippen molar-refractivity contribution < 1.29 is 14.0 Å². The quantitative estimate of drug-likeness (QED) is 0.0895. The van der Waals surface area contributed by atoms with E-state index >= 15 is 0 Å². The van der Waals surface area contributed by atoms with E-state index in [9.17, 15) is 0 Å². The minimum Gasteiger partial charge on any atom is -0.490 e. The Balaban J connectivity index is 1.43. The Morgan fingerprint density at radius 3 is 1.53 bits per heavy atom. The highest BCUT2D eigenvalue weighted by Gasteiger charge is 2.36. The van der Waals surface area contributed by atoms with Gasteiger partial charge in [-0.05, 0) is 127 Å². The highest BCUT2D eigenvalue weighted by molar-refractivity contribution is 7.80. The molecule has 2 fully saturated rings. The summed E-state index contributed by atoms with van der Waals surface area (Å²) in [5.74, 6) is 4.28. The van der Waals surface area contributed by atoms with Crippen LogP contribution >= 0.6 is 7.92 Å². The number of benzene rings is 5. The first-order chi connectivity index (χ1) is 26.0. The van der Waals surface area contributed by atoms with Crippen LogP contribution in [-0.2, 0) is 0 Å². The fourth-order valence-electron chi connectivity index (χ4n) is 8.82. The molecule has 5 aromatic rings. The van der Waals surface area contributed by atoms with E-state index < -0.39 is 15.2 Å². The normalized spacial score (nSPS) is 16.0. The van der Waals surface area contributed by atoms with Gasteiger partial charge in [0.15, 0.2) is 0 Å². The van der Waals surface area contributed by atoms with Gasteiger partial charge in [-0.25, -0.2) is 0 Å². The predicted octanol–water partition coefficient (Wildman–Crippen LogP) is 12.3. The van der Waals surface area contributed by atoms with Gasteiger partial charge in [0.25, 0.3) is 0 Å². The van der Waals surface area contributed by atoms with Crippen molar-refractivity contribution in [3.8, 4) is 17.2 Å². The Kier molecular flexibility index (Phi) is 12.6. The van der Waals surface area contributed by atoms with Crippen molar-refractivity contribution in [2.45, 2.75) is 116 Å². The van der Waals surface area contributed by atoms with Crippen LogP contribution in [0.4, 0.5) is 0 Å². The van der Waals surface area contributed by atoms with Gasteiger partial charge in [0.2, 0.25) is 0 Å². The molecule has 5 heteroatoms. The van der Waals surface area contributed by atoms with Gasteiger partial charge < -0.3 is 14.0 Å². The molecule has 0 aliphatic heterocycles. The number of hydrogen-bond donors (Lipinski definition) is 0. The van der Waals surface area contributed by atoms with Crippen LogP contribution in [0.15, 0.2) is 121 Å². The molecule has 1 unspecified atom stereocenters. The summed E-state index contributed by atoms with van der Waals surface area (Å²) < 4.78 is 19.8. The summed E-state index contributed by atoms with van der Waals surface area (Å²) in [5, 5.41) is 4.06. The molecule has 0 amide bonds. The largest absolute Gasteiger partial charge is 0.864 e. The average Bonchev–Trinajstić information content (AvgIpc) is 3.20. The lowest BCUT2D eigenvalue weighted by atomic mass is 9.71. The lowest BCUT2D eigenvalue weighted by Gasteiger charge is -2.38. The van der Waals surface area contributed by atoms with Crippen molar-refractivity contribution >= 4 is 31.2 Å². The lowest BCUT2D eigenvalue weighted by Crippen LogP contribution is -2.38. The molecule has 2 aliphatic rings. The van der Waals surface area contributed by atoms with Gasteiger partial charge in [-0.1, -0.05) is 151 Å². The Bertz CT molecular complexity index is 1840. The minimum absolute atomic E-state index is 0.436. The Morgan fingerprint density at radius 1 is 0.509 bits per heavy atom. The van der Waals surface area contributed by atoms with Gasteiger partial charge in [0.1, 0.15) is 17.2 Å². The molecular weight excluding hydrogens is 666 g/mol. The van der Waals surface area contributed by atoms with Gasteiger partial charge in [-0.15, -0.1) is 0 Å². The van der Waals surface area contributed by atoms with Gasteiger partial charge in [0.05, 0.1) is 0 Å². The molecular formula is C48H56BO3P. The first kappa shape index (κ1) is 37.3. The minimum atomic E-state index is -1.01. The van der Waals surface area contributed by atoms with Crippen molar-refractivity contribution in [1.29, 1.82) is 0 Å². The van der Waals surface area contributed by atoms with Crippen molar-refractivity contribution in [3.05, 3.63) is 144 Å².